The predicted molar refractivity (Wildman–Crippen MR) is 70.8 cm³/mol. The number of carboxylic acid groups (broad SMARTS) is 1. The van der Waals surface area contributed by atoms with Crippen LogP contribution in [0.1, 0.15) is 13.8 Å². The van der Waals surface area contributed by atoms with Gasteiger partial charge < -0.3 is 9.84 Å². The summed E-state index contributed by atoms with van der Waals surface area (Å²) in [6.45, 7) is 2.87. The highest BCUT2D eigenvalue weighted by Crippen LogP contribution is 2.12. The second-order valence-electron chi connectivity index (χ2n) is 4.63. The van der Waals surface area contributed by atoms with Gasteiger partial charge in [-0.2, -0.15) is 9.82 Å². The van der Waals surface area contributed by atoms with Crippen molar-refractivity contribution < 1.29 is 27.9 Å². The molecule has 0 fully saturated rings. The number of hydrogen-bond donors (Lipinski definition) is 2. The van der Waals surface area contributed by atoms with E-state index < -0.39 is 34.5 Å². The Balaban J connectivity index is 2.97. The monoisotopic (exact) mass is 319 g/mol. The molecule has 0 bridgehead atoms. The van der Waals surface area contributed by atoms with Crippen molar-refractivity contribution in [2.45, 2.75) is 31.3 Å². The zero-order valence-corrected chi connectivity index (χ0v) is 12.6. The fraction of sp³-hybridized carbons (Fsp3) is 0.545. The van der Waals surface area contributed by atoms with Gasteiger partial charge in [-0.05, 0) is 5.92 Å². The molecule has 118 valence electrons. The van der Waals surface area contributed by atoms with E-state index in [1.807, 2.05) is 0 Å². The fourth-order valence-corrected chi connectivity index (χ4v) is 2.81. The van der Waals surface area contributed by atoms with Gasteiger partial charge in [0.1, 0.15) is 17.5 Å². The van der Waals surface area contributed by atoms with Gasteiger partial charge in [-0.15, -0.1) is 0 Å². The lowest BCUT2D eigenvalue weighted by Gasteiger charge is -2.19. The van der Waals surface area contributed by atoms with Crippen LogP contribution in [-0.2, 0) is 30.9 Å². The Hall–Kier alpha value is -1.94. The lowest BCUT2D eigenvalue weighted by Crippen LogP contribution is -2.44. The number of sulfonamides is 1. The van der Waals surface area contributed by atoms with E-state index in [2.05, 4.69) is 14.6 Å². The summed E-state index contributed by atoms with van der Waals surface area (Å²) in [6.07, 6.45) is 2.09. The maximum atomic E-state index is 12.1. The van der Waals surface area contributed by atoms with E-state index in [4.69, 9.17) is 5.11 Å². The largest absolute Gasteiger partial charge is 0.480 e. The van der Waals surface area contributed by atoms with Crippen LogP contribution in [0.3, 0.4) is 0 Å². The van der Waals surface area contributed by atoms with Crippen molar-refractivity contribution in [3.63, 3.8) is 0 Å². The van der Waals surface area contributed by atoms with E-state index in [0.717, 1.165) is 24.2 Å². The first-order chi connectivity index (χ1) is 9.67. The van der Waals surface area contributed by atoms with Gasteiger partial charge >= 0.3 is 11.9 Å². The minimum atomic E-state index is -4.00. The predicted octanol–water partition coefficient (Wildman–Crippen LogP) is -0.556. The summed E-state index contributed by atoms with van der Waals surface area (Å²) in [5.74, 6) is -2.17. The molecule has 0 aliphatic carbocycles. The van der Waals surface area contributed by atoms with Crippen molar-refractivity contribution in [1.29, 1.82) is 0 Å². The number of nitrogens with zero attached hydrogens (tertiary/aromatic N) is 2. The number of ether oxygens (including phenoxy) is 1. The Morgan fingerprint density at radius 1 is 1.48 bits per heavy atom. The first kappa shape index (κ1) is 17.1. The number of methoxy groups -OCH3 is 1. The first-order valence-corrected chi connectivity index (χ1v) is 7.50. The number of rotatable bonds is 7. The molecule has 21 heavy (non-hydrogen) atoms. The molecule has 1 heterocycles. The average molecular weight is 319 g/mol. The summed E-state index contributed by atoms with van der Waals surface area (Å²) in [5, 5.41) is 12.3. The van der Waals surface area contributed by atoms with Crippen LogP contribution in [0.25, 0.3) is 0 Å². The number of esters is 1. The lowest BCUT2D eigenvalue weighted by atomic mass is 10.1. The molecule has 1 rings (SSSR count). The molecule has 1 aromatic heterocycles. The van der Waals surface area contributed by atoms with Crippen LogP contribution in [0.5, 0.6) is 0 Å². The van der Waals surface area contributed by atoms with Gasteiger partial charge in [-0.3, -0.25) is 14.3 Å². The summed E-state index contributed by atoms with van der Waals surface area (Å²) in [4.78, 5) is 21.9. The summed E-state index contributed by atoms with van der Waals surface area (Å²) < 4.78 is 32.0. The first-order valence-electron chi connectivity index (χ1n) is 6.01. The molecule has 9 nitrogen and oxygen atoms in total. The van der Waals surface area contributed by atoms with Crippen molar-refractivity contribution in [2.75, 3.05) is 7.11 Å². The smallest absolute Gasteiger partial charge is 0.325 e. The Kier molecular flexibility index (Phi) is 5.44. The third-order valence-corrected chi connectivity index (χ3v) is 4.02. The van der Waals surface area contributed by atoms with Crippen molar-refractivity contribution in [3.8, 4) is 0 Å². The number of hydrogen-bond acceptors (Lipinski definition) is 6. The number of carbonyl (C=O) groups excluding carboxylic acids is 1. The molecular formula is C11H17N3O6S. The molecule has 0 unspecified atom stereocenters. The van der Waals surface area contributed by atoms with Crippen molar-refractivity contribution in [2.24, 2.45) is 5.92 Å². The van der Waals surface area contributed by atoms with E-state index in [1.54, 1.807) is 13.8 Å². The topological polar surface area (TPSA) is 128 Å². The molecule has 0 saturated heterocycles. The number of carboxylic acids is 1. The molecule has 0 aliphatic rings. The Morgan fingerprint density at radius 2 is 2.10 bits per heavy atom. The van der Waals surface area contributed by atoms with E-state index in [9.17, 15) is 18.0 Å². The molecule has 1 atom stereocenters. The normalized spacial score (nSPS) is 13.1. The number of carbonyl (C=O) groups is 2. The number of aromatic nitrogens is 2. The number of nitrogens with one attached hydrogen (secondary N) is 1. The SMILES string of the molecule is COC(=O)[C@@H](NS(=O)(=O)c1cnn(CC(=O)O)c1)C(C)C. The van der Waals surface area contributed by atoms with Crippen LogP contribution < -0.4 is 4.72 Å². The van der Waals surface area contributed by atoms with Gasteiger partial charge in [0, 0.05) is 6.20 Å². The van der Waals surface area contributed by atoms with Crippen molar-refractivity contribution >= 4 is 22.0 Å². The second kappa shape index (κ2) is 6.68. The summed E-state index contributed by atoms with van der Waals surface area (Å²) in [7, 11) is -2.84. The summed E-state index contributed by atoms with van der Waals surface area (Å²) in [5.41, 5.74) is 0. The molecule has 0 saturated carbocycles. The van der Waals surface area contributed by atoms with Crippen LogP contribution in [-0.4, -0.2) is 48.4 Å². The van der Waals surface area contributed by atoms with E-state index in [0.29, 0.717) is 0 Å². The molecule has 0 aromatic carbocycles. The highest BCUT2D eigenvalue weighted by atomic mass is 32.2. The van der Waals surface area contributed by atoms with Gasteiger partial charge in [0.25, 0.3) is 0 Å². The molecule has 1 aromatic rings. The standard InChI is InChI=1S/C11H17N3O6S/c1-7(2)10(11(17)20-3)13-21(18,19)8-4-12-14(5-8)6-9(15)16/h4-5,7,10,13H,6H2,1-3H3,(H,15,16)/t10-/m0/s1. The van der Waals surface area contributed by atoms with Crippen LogP contribution in [0.4, 0.5) is 0 Å². The zero-order chi connectivity index (χ0) is 16.2. The highest BCUT2D eigenvalue weighted by molar-refractivity contribution is 7.89. The maximum Gasteiger partial charge on any atom is 0.325 e. The minimum absolute atomic E-state index is 0.224. The van der Waals surface area contributed by atoms with E-state index in [1.165, 1.54) is 0 Å². The summed E-state index contributed by atoms with van der Waals surface area (Å²) in [6, 6.07) is -1.04. The molecule has 0 spiro atoms. The molecule has 0 radical (unpaired) electrons. The van der Waals surface area contributed by atoms with Crippen LogP contribution in [0.2, 0.25) is 0 Å². The minimum Gasteiger partial charge on any atom is -0.480 e. The number of aliphatic carboxylic acids is 1. The van der Waals surface area contributed by atoms with Gasteiger partial charge in [0.2, 0.25) is 10.0 Å². The molecule has 0 aliphatic heterocycles. The summed E-state index contributed by atoms with van der Waals surface area (Å²) >= 11 is 0. The molecule has 2 N–H and O–H groups in total. The van der Waals surface area contributed by atoms with Gasteiger partial charge in [0.05, 0.1) is 13.3 Å². The Labute approximate surface area is 121 Å². The van der Waals surface area contributed by atoms with Gasteiger partial charge in [0.15, 0.2) is 0 Å². The fourth-order valence-electron chi connectivity index (χ4n) is 1.53. The Morgan fingerprint density at radius 3 is 2.57 bits per heavy atom. The van der Waals surface area contributed by atoms with Crippen molar-refractivity contribution in [3.05, 3.63) is 12.4 Å². The van der Waals surface area contributed by atoms with E-state index >= 15 is 0 Å². The van der Waals surface area contributed by atoms with Crippen LogP contribution in [0, 0.1) is 5.92 Å². The average Bonchev–Trinajstić information content (AvgIpc) is 2.83. The third-order valence-electron chi connectivity index (χ3n) is 2.62. The highest BCUT2D eigenvalue weighted by Gasteiger charge is 2.29. The van der Waals surface area contributed by atoms with Crippen molar-refractivity contribution in [1.82, 2.24) is 14.5 Å². The Bertz CT molecular complexity index is 622. The van der Waals surface area contributed by atoms with Gasteiger partial charge in [-0.1, -0.05) is 13.8 Å². The van der Waals surface area contributed by atoms with Crippen LogP contribution >= 0.6 is 0 Å². The quantitative estimate of drug-likeness (QED) is 0.645. The third kappa shape index (κ3) is 4.53. The molecule has 0 amide bonds. The lowest BCUT2D eigenvalue weighted by molar-refractivity contribution is -0.143. The van der Waals surface area contributed by atoms with Crippen LogP contribution in [0.15, 0.2) is 17.3 Å². The molecular weight excluding hydrogens is 302 g/mol. The van der Waals surface area contributed by atoms with E-state index in [-0.39, 0.29) is 10.8 Å². The van der Waals surface area contributed by atoms with Gasteiger partial charge in [-0.25, -0.2) is 8.42 Å². The maximum absolute atomic E-state index is 12.1. The zero-order valence-electron chi connectivity index (χ0n) is 11.8. The second-order valence-corrected chi connectivity index (χ2v) is 6.35. The molecule has 10 heteroatoms.